The number of hydrogen-bond donors (Lipinski definition) is 1. The van der Waals surface area contributed by atoms with Crippen LogP contribution in [0.15, 0.2) is 0 Å². The summed E-state index contributed by atoms with van der Waals surface area (Å²) in [6.07, 6.45) is 6.23. The molecule has 92 valence electrons. The topological polar surface area (TPSA) is 20.2 Å². The molecule has 1 nitrogen and oxygen atoms in total. The van der Waals surface area contributed by atoms with Gasteiger partial charge in [-0.05, 0) is 60.7 Å². The second-order valence-electron chi connectivity index (χ2n) is 7.59. The molecule has 4 aliphatic rings. The van der Waals surface area contributed by atoms with Crippen molar-refractivity contribution in [1.29, 1.82) is 0 Å². The number of rotatable bonds is 0. The van der Waals surface area contributed by atoms with Crippen LogP contribution in [0.5, 0.6) is 0 Å². The number of aliphatic hydroxyl groups is 1. The highest BCUT2D eigenvalue weighted by atomic mass is 16.3. The van der Waals surface area contributed by atoms with Crippen molar-refractivity contribution in [3.8, 4) is 0 Å². The molecule has 0 aliphatic heterocycles. The van der Waals surface area contributed by atoms with Crippen LogP contribution >= 0.6 is 0 Å². The lowest BCUT2D eigenvalue weighted by molar-refractivity contribution is -0.291. The molecule has 5 atom stereocenters. The van der Waals surface area contributed by atoms with Gasteiger partial charge in [-0.1, -0.05) is 27.7 Å². The number of hydrogen-bond acceptors (Lipinski definition) is 1. The average molecular weight is 222 g/mol. The van der Waals surface area contributed by atoms with Crippen molar-refractivity contribution < 1.29 is 5.11 Å². The molecule has 1 heteroatoms. The summed E-state index contributed by atoms with van der Waals surface area (Å²) in [5.74, 6) is 2.36. The molecular formula is C15H26O. The summed E-state index contributed by atoms with van der Waals surface area (Å²) < 4.78 is 0. The first-order valence-electron chi connectivity index (χ1n) is 7.05. The van der Waals surface area contributed by atoms with E-state index in [0.717, 1.165) is 24.2 Å². The van der Waals surface area contributed by atoms with Gasteiger partial charge in [-0.2, -0.15) is 0 Å². The van der Waals surface area contributed by atoms with Crippen LogP contribution in [-0.4, -0.2) is 10.7 Å². The van der Waals surface area contributed by atoms with Gasteiger partial charge in [-0.3, -0.25) is 0 Å². The van der Waals surface area contributed by atoms with E-state index < -0.39 is 5.60 Å². The first kappa shape index (κ1) is 11.1. The highest BCUT2D eigenvalue weighted by molar-refractivity contribution is 5.19. The second kappa shape index (κ2) is 2.85. The summed E-state index contributed by atoms with van der Waals surface area (Å²) in [4.78, 5) is 0. The van der Waals surface area contributed by atoms with E-state index in [4.69, 9.17) is 0 Å². The van der Waals surface area contributed by atoms with Gasteiger partial charge in [-0.25, -0.2) is 0 Å². The first-order chi connectivity index (χ1) is 7.33. The minimum Gasteiger partial charge on any atom is -0.389 e. The number of fused-ring (bicyclic) bond motifs is 1. The van der Waals surface area contributed by atoms with Gasteiger partial charge in [0.1, 0.15) is 0 Å². The van der Waals surface area contributed by atoms with Crippen LogP contribution in [0.25, 0.3) is 0 Å². The Bertz CT molecular complexity index is 321. The summed E-state index contributed by atoms with van der Waals surface area (Å²) in [5.41, 5.74) is -0.0576. The monoisotopic (exact) mass is 222 g/mol. The maximum absolute atomic E-state index is 11.3. The fraction of sp³-hybridized carbons (Fsp3) is 1.00. The minimum absolute atomic E-state index is 0.136. The van der Waals surface area contributed by atoms with E-state index in [2.05, 4.69) is 27.7 Å². The first-order valence-corrected chi connectivity index (χ1v) is 7.05. The predicted octanol–water partition coefficient (Wildman–Crippen LogP) is 3.61. The molecule has 1 unspecified atom stereocenters. The molecule has 4 fully saturated rings. The Kier molecular flexibility index (Phi) is 1.98. The Morgan fingerprint density at radius 1 is 1.06 bits per heavy atom. The fourth-order valence-electron chi connectivity index (χ4n) is 5.69. The Hall–Kier alpha value is -0.0400. The van der Waals surface area contributed by atoms with E-state index in [-0.39, 0.29) is 10.8 Å². The van der Waals surface area contributed by atoms with Crippen molar-refractivity contribution in [1.82, 2.24) is 0 Å². The summed E-state index contributed by atoms with van der Waals surface area (Å²) in [6, 6.07) is 0. The molecule has 0 aromatic rings. The van der Waals surface area contributed by atoms with E-state index in [0.29, 0.717) is 0 Å². The standard InChI is InChI=1S/C15H26O/c1-10-5-8-15(16)13(2,3)11-6-7-14(15,4)12(10)9-11/h10-12,16H,5-9H2,1-4H3/t10-,11+,12-,14-,15?/m0/s1. The zero-order valence-corrected chi connectivity index (χ0v) is 11.2. The summed E-state index contributed by atoms with van der Waals surface area (Å²) in [5, 5.41) is 11.3. The third-order valence-corrected chi connectivity index (χ3v) is 7.05. The van der Waals surface area contributed by atoms with Crippen molar-refractivity contribution in [2.45, 2.75) is 65.4 Å². The van der Waals surface area contributed by atoms with E-state index in [1.54, 1.807) is 0 Å². The minimum atomic E-state index is -0.391. The van der Waals surface area contributed by atoms with Gasteiger partial charge in [0.05, 0.1) is 5.60 Å². The van der Waals surface area contributed by atoms with Crippen LogP contribution in [0.4, 0.5) is 0 Å². The van der Waals surface area contributed by atoms with Crippen LogP contribution < -0.4 is 0 Å². The van der Waals surface area contributed by atoms with Crippen LogP contribution in [-0.2, 0) is 0 Å². The molecule has 0 heterocycles. The highest BCUT2D eigenvalue weighted by Gasteiger charge is 2.69. The molecule has 4 saturated carbocycles. The smallest absolute Gasteiger partial charge is 0.0757 e. The largest absolute Gasteiger partial charge is 0.389 e. The molecule has 4 bridgehead atoms. The molecule has 0 saturated heterocycles. The maximum atomic E-state index is 11.3. The normalized spacial score (nSPS) is 58.7. The fourth-order valence-corrected chi connectivity index (χ4v) is 5.69. The van der Waals surface area contributed by atoms with Crippen LogP contribution in [0, 0.1) is 28.6 Å². The molecule has 0 spiro atoms. The van der Waals surface area contributed by atoms with Gasteiger partial charge in [0.25, 0.3) is 0 Å². The van der Waals surface area contributed by atoms with Crippen LogP contribution in [0.2, 0.25) is 0 Å². The van der Waals surface area contributed by atoms with Gasteiger partial charge >= 0.3 is 0 Å². The van der Waals surface area contributed by atoms with E-state index >= 15 is 0 Å². The third-order valence-electron chi connectivity index (χ3n) is 7.05. The third kappa shape index (κ3) is 0.939. The van der Waals surface area contributed by atoms with E-state index in [1.165, 1.54) is 25.7 Å². The molecule has 0 amide bonds. The van der Waals surface area contributed by atoms with E-state index in [1.807, 2.05) is 0 Å². The zero-order chi connectivity index (χ0) is 11.8. The van der Waals surface area contributed by atoms with Crippen molar-refractivity contribution in [2.75, 3.05) is 0 Å². The van der Waals surface area contributed by atoms with Crippen LogP contribution in [0.1, 0.15) is 59.8 Å². The zero-order valence-electron chi connectivity index (χ0n) is 11.2. The summed E-state index contributed by atoms with van der Waals surface area (Å²) in [6.45, 7) is 9.43. The molecule has 0 radical (unpaired) electrons. The van der Waals surface area contributed by atoms with E-state index in [9.17, 15) is 5.11 Å². The quantitative estimate of drug-likeness (QED) is 0.664. The molecule has 0 aromatic carbocycles. The lowest BCUT2D eigenvalue weighted by Gasteiger charge is -2.71. The highest BCUT2D eigenvalue weighted by Crippen LogP contribution is 2.71. The van der Waals surface area contributed by atoms with Crippen molar-refractivity contribution in [3.05, 3.63) is 0 Å². The van der Waals surface area contributed by atoms with Gasteiger partial charge in [0.15, 0.2) is 0 Å². The molecule has 4 aliphatic carbocycles. The molecule has 16 heavy (non-hydrogen) atoms. The van der Waals surface area contributed by atoms with Gasteiger partial charge in [0.2, 0.25) is 0 Å². The Morgan fingerprint density at radius 2 is 1.75 bits per heavy atom. The molecule has 1 N–H and O–H groups in total. The van der Waals surface area contributed by atoms with Gasteiger partial charge < -0.3 is 5.11 Å². The summed E-state index contributed by atoms with van der Waals surface area (Å²) in [7, 11) is 0. The Balaban J connectivity index is 2.13. The maximum Gasteiger partial charge on any atom is 0.0757 e. The Morgan fingerprint density at radius 3 is 2.44 bits per heavy atom. The van der Waals surface area contributed by atoms with Gasteiger partial charge in [0, 0.05) is 0 Å². The van der Waals surface area contributed by atoms with Crippen LogP contribution in [0.3, 0.4) is 0 Å². The van der Waals surface area contributed by atoms with Crippen molar-refractivity contribution >= 4 is 0 Å². The molecular weight excluding hydrogens is 196 g/mol. The average Bonchev–Trinajstić information content (AvgIpc) is 2.22. The lowest BCUT2D eigenvalue weighted by Crippen LogP contribution is -2.71. The predicted molar refractivity (Wildman–Crippen MR) is 66.1 cm³/mol. The lowest BCUT2D eigenvalue weighted by atomic mass is 9.35. The van der Waals surface area contributed by atoms with Crippen molar-refractivity contribution in [2.24, 2.45) is 28.6 Å². The SMILES string of the molecule is C[C@H]1CCC2(O)C(C)(C)[C@@H]3CC[C@@]2(C)[C@H]1C3. The van der Waals surface area contributed by atoms with Gasteiger partial charge in [-0.15, -0.1) is 0 Å². The Labute approximate surface area is 99.6 Å². The van der Waals surface area contributed by atoms with Crippen molar-refractivity contribution in [3.63, 3.8) is 0 Å². The summed E-state index contributed by atoms with van der Waals surface area (Å²) >= 11 is 0. The molecule has 0 aromatic heterocycles. The molecule has 4 rings (SSSR count). The second-order valence-corrected chi connectivity index (χ2v) is 7.59.